The summed E-state index contributed by atoms with van der Waals surface area (Å²) in [6.07, 6.45) is 79.5. The van der Waals surface area contributed by atoms with Gasteiger partial charge in [-0.3, -0.25) is 14.4 Å². The first kappa shape index (κ1) is 67.1. The Morgan fingerprint density at radius 3 is 0.930 bits per heavy atom. The Morgan fingerprint density at radius 2 is 0.577 bits per heavy atom. The van der Waals surface area contributed by atoms with E-state index >= 15 is 0 Å². The van der Waals surface area contributed by atoms with Crippen LogP contribution in [-0.2, 0) is 28.6 Å². The van der Waals surface area contributed by atoms with Gasteiger partial charge in [-0.1, -0.05) is 252 Å². The van der Waals surface area contributed by atoms with Gasteiger partial charge in [-0.05, 0) is 103 Å². The first-order valence-corrected chi connectivity index (χ1v) is 29.4. The summed E-state index contributed by atoms with van der Waals surface area (Å²) in [4.78, 5) is 38.0. The van der Waals surface area contributed by atoms with Crippen molar-refractivity contribution in [2.75, 3.05) is 13.2 Å². The van der Waals surface area contributed by atoms with Crippen molar-refractivity contribution in [3.05, 3.63) is 109 Å². The lowest BCUT2D eigenvalue weighted by Gasteiger charge is -2.18. The Kier molecular flexibility index (Phi) is 55.4. The van der Waals surface area contributed by atoms with E-state index in [1.807, 2.05) is 0 Å². The molecule has 0 aliphatic heterocycles. The van der Waals surface area contributed by atoms with E-state index in [0.717, 1.165) is 141 Å². The van der Waals surface area contributed by atoms with Gasteiger partial charge in [0.15, 0.2) is 6.10 Å². The third-order valence-electron chi connectivity index (χ3n) is 12.2. The molecular weight excluding hydrogens is 877 g/mol. The zero-order valence-electron chi connectivity index (χ0n) is 46.2. The van der Waals surface area contributed by atoms with Gasteiger partial charge in [-0.2, -0.15) is 0 Å². The van der Waals surface area contributed by atoms with Crippen LogP contribution in [0.5, 0.6) is 0 Å². The molecule has 0 aliphatic carbocycles. The fourth-order valence-corrected chi connectivity index (χ4v) is 7.87. The van der Waals surface area contributed by atoms with E-state index in [0.29, 0.717) is 19.3 Å². The second-order valence-corrected chi connectivity index (χ2v) is 19.2. The van der Waals surface area contributed by atoms with Gasteiger partial charge in [-0.25, -0.2) is 0 Å². The van der Waals surface area contributed by atoms with Crippen molar-refractivity contribution in [1.82, 2.24) is 0 Å². The summed E-state index contributed by atoms with van der Waals surface area (Å²) in [5, 5.41) is 0. The van der Waals surface area contributed by atoms with Gasteiger partial charge in [0.2, 0.25) is 0 Å². The predicted octanol–water partition coefficient (Wildman–Crippen LogP) is 19.9. The summed E-state index contributed by atoms with van der Waals surface area (Å²) >= 11 is 0. The van der Waals surface area contributed by atoms with E-state index in [1.165, 1.54) is 83.5 Å². The van der Waals surface area contributed by atoms with E-state index < -0.39 is 6.10 Å². The molecule has 0 aromatic heterocycles. The highest BCUT2D eigenvalue weighted by atomic mass is 16.6. The molecule has 0 aromatic carbocycles. The molecule has 404 valence electrons. The van der Waals surface area contributed by atoms with E-state index in [-0.39, 0.29) is 31.1 Å². The second-order valence-electron chi connectivity index (χ2n) is 19.2. The number of unbranched alkanes of at least 4 members (excludes halogenated alkanes) is 23. The van der Waals surface area contributed by atoms with Gasteiger partial charge >= 0.3 is 17.9 Å². The summed E-state index contributed by atoms with van der Waals surface area (Å²) in [6, 6.07) is 0. The number of carbonyl (C=O) groups is 3. The van der Waals surface area contributed by atoms with Crippen LogP contribution in [0.2, 0.25) is 0 Å². The van der Waals surface area contributed by atoms with Gasteiger partial charge in [0.1, 0.15) is 13.2 Å². The van der Waals surface area contributed by atoms with Crippen LogP contribution in [0.25, 0.3) is 0 Å². The van der Waals surface area contributed by atoms with E-state index in [2.05, 4.69) is 130 Å². The minimum absolute atomic E-state index is 0.0898. The number of allylic oxidation sites excluding steroid dienone is 18. The fraction of sp³-hybridized carbons (Fsp3) is 0.677. The first-order chi connectivity index (χ1) is 35.0. The summed E-state index contributed by atoms with van der Waals surface area (Å²) in [5.41, 5.74) is 0. The number of hydrogen-bond donors (Lipinski definition) is 0. The van der Waals surface area contributed by atoms with Crippen molar-refractivity contribution in [2.24, 2.45) is 0 Å². The van der Waals surface area contributed by atoms with Gasteiger partial charge in [0.25, 0.3) is 0 Å². The lowest BCUT2D eigenvalue weighted by molar-refractivity contribution is -0.167. The maximum absolute atomic E-state index is 12.8. The summed E-state index contributed by atoms with van der Waals surface area (Å²) in [7, 11) is 0. The van der Waals surface area contributed by atoms with Gasteiger partial charge in [-0.15, -0.1) is 0 Å². The molecular formula is C65H108O6. The van der Waals surface area contributed by atoms with Crippen molar-refractivity contribution < 1.29 is 28.6 Å². The molecule has 1 atom stereocenters. The SMILES string of the molecule is CC/C=C\C/C=C\C/C=C\C/C=C\C/C=C\C/C=C\C/C=C\C/C=C\CCCCCCC(=O)OCC(COC(=O)CCCCCCC/C=C\CCC)OC(=O)CCCCCCCCCCCCCCCC. The largest absolute Gasteiger partial charge is 0.462 e. The Balaban J connectivity index is 4.30. The van der Waals surface area contributed by atoms with Crippen LogP contribution in [0, 0.1) is 0 Å². The third-order valence-corrected chi connectivity index (χ3v) is 12.2. The molecule has 0 saturated heterocycles. The normalized spacial score (nSPS) is 12.9. The number of carbonyl (C=O) groups excluding carboxylic acids is 3. The van der Waals surface area contributed by atoms with Crippen LogP contribution in [-0.4, -0.2) is 37.2 Å². The van der Waals surface area contributed by atoms with Crippen LogP contribution in [0.4, 0.5) is 0 Å². The van der Waals surface area contributed by atoms with Crippen molar-refractivity contribution in [3.63, 3.8) is 0 Å². The quantitative estimate of drug-likeness (QED) is 0.0261. The van der Waals surface area contributed by atoms with Crippen molar-refractivity contribution in [2.45, 2.75) is 271 Å². The number of rotatable bonds is 52. The van der Waals surface area contributed by atoms with E-state index in [4.69, 9.17) is 14.2 Å². The van der Waals surface area contributed by atoms with Crippen LogP contribution in [0.3, 0.4) is 0 Å². The monoisotopic (exact) mass is 985 g/mol. The molecule has 0 saturated carbocycles. The standard InChI is InChI=1S/C65H108O6/c1-4-7-10-13-16-19-22-24-26-27-28-29-30-31-32-33-34-35-36-37-38-39-40-42-43-46-49-52-55-58-64(67)70-61-62(60-69-63(66)57-54-51-48-45-21-18-15-12-9-6-3)71-65(68)59-56-53-50-47-44-41-25-23-20-17-14-11-8-5-2/h7,10,12,15-16,19,24,26,28-29,31-32,34-35,37-38,40,42,62H,4-6,8-9,11,13-14,17-18,20-23,25,27,30,33,36,39,41,43-61H2,1-3H3/b10-7-,15-12-,19-16-,26-24-,29-28-,32-31-,35-34-,38-37-,42-40-. The number of esters is 3. The Labute approximate surface area is 438 Å². The highest BCUT2D eigenvalue weighted by molar-refractivity contribution is 5.71. The highest BCUT2D eigenvalue weighted by Crippen LogP contribution is 2.15. The molecule has 0 amide bonds. The predicted molar refractivity (Wildman–Crippen MR) is 307 cm³/mol. The van der Waals surface area contributed by atoms with Crippen LogP contribution in [0.15, 0.2) is 109 Å². The lowest BCUT2D eigenvalue weighted by Crippen LogP contribution is -2.30. The minimum atomic E-state index is -0.791. The number of hydrogen-bond acceptors (Lipinski definition) is 6. The third kappa shape index (κ3) is 56.9. The molecule has 71 heavy (non-hydrogen) atoms. The Bertz CT molecular complexity index is 1460. The van der Waals surface area contributed by atoms with Crippen molar-refractivity contribution in [1.29, 1.82) is 0 Å². The molecule has 0 aliphatic rings. The van der Waals surface area contributed by atoms with Gasteiger partial charge < -0.3 is 14.2 Å². The molecule has 0 fully saturated rings. The molecule has 0 bridgehead atoms. The zero-order chi connectivity index (χ0) is 51.4. The average Bonchev–Trinajstić information content (AvgIpc) is 3.37. The average molecular weight is 986 g/mol. The molecule has 0 N–H and O–H groups in total. The minimum Gasteiger partial charge on any atom is -0.462 e. The maximum atomic E-state index is 12.8. The first-order valence-electron chi connectivity index (χ1n) is 29.4. The molecule has 1 unspecified atom stereocenters. The van der Waals surface area contributed by atoms with Crippen LogP contribution in [0.1, 0.15) is 265 Å². The van der Waals surface area contributed by atoms with Gasteiger partial charge in [0, 0.05) is 19.3 Å². The maximum Gasteiger partial charge on any atom is 0.306 e. The van der Waals surface area contributed by atoms with Crippen molar-refractivity contribution >= 4 is 17.9 Å². The van der Waals surface area contributed by atoms with Gasteiger partial charge in [0.05, 0.1) is 0 Å². The van der Waals surface area contributed by atoms with Crippen LogP contribution >= 0.6 is 0 Å². The Hall–Kier alpha value is -3.93. The molecule has 0 radical (unpaired) electrons. The fourth-order valence-electron chi connectivity index (χ4n) is 7.87. The molecule has 6 heteroatoms. The Morgan fingerprint density at radius 1 is 0.296 bits per heavy atom. The molecule has 0 spiro atoms. The van der Waals surface area contributed by atoms with E-state index in [1.54, 1.807) is 0 Å². The van der Waals surface area contributed by atoms with Crippen molar-refractivity contribution in [3.8, 4) is 0 Å². The highest BCUT2D eigenvalue weighted by Gasteiger charge is 2.19. The second kappa shape index (κ2) is 58.6. The number of ether oxygens (including phenoxy) is 3. The molecule has 0 rings (SSSR count). The molecule has 0 heterocycles. The van der Waals surface area contributed by atoms with Crippen LogP contribution < -0.4 is 0 Å². The zero-order valence-corrected chi connectivity index (χ0v) is 46.2. The topological polar surface area (TPSA) is 78.9 Å². The van der Waals surface area contributed by atoms with E-state index in [9.17, 15) is 14.4 Å². The molecule has 0 aromatic rings. The smallest absolute Gasteiger partial charge is 0.306 e. The summed E-state index contributed by atoms with van der Waals surface area (Å²) < 4.78 is 16.8. The summed E-state index contributed by atoms with van der Waals surface area (Å²) in [5.74, 6) is -0.924. The summed E-state index contributed by atoms with van der Waals surface area (Å²) in [6.45, 7) is 6.44. The lowest BCUT2D eigenvalue weighted by atomic mass is 10.0. The molecule has 6 nitrogen and oxygen atoms in total.